The Bertz CT molecular complexity index is 613. The van der Waals surface area contributed by atoms with Crippen molar-refractivity contribution in [2.45, 2.75) is 31.5 Å². The molecule has 1 saturated heterocycles. The maximum Gasteiger partial charge on any atom is 0.428 e. The number of ether oxygens (including phenoxy) is 2. The maximum absolute atomic E-state index is 13.4. The summed E-state index contributed by atoms with van der Waals surface area (Å²) in [5.41, 5.74) is -2.88. The number of hydrogen-bond acceptors (Lipinski definition) is 3. The smallest absolute Gasteiger partial charge is 0.428 e. The van der Waals surface area contributed by atoms with Gasteiger partial charge in [-0.2, -0.15) is 13.2 Å². The minimum absolute atomic E-state index is 0.174. The Hall–Kier alpha value is -1.86. The van der Waals surface area contributed by atoms with Gasteiger partial charge in [-0.3, -0.25) is 4.79 Å². The van der Waals surface area contributed by atoms with E-state index in [1.807, 2.05) is 0 Å². The molecule has 0 N–H and O–H groups in total. The predicted molar refractivity (Wildman–Crippen MR) is 65.4 cm³/mol. The van der Waals surface area contributed by atoms with Crippen LogP contribution < -0.4 is 4.74 Å². The van der Waals surface area contributed by atoms with Gasteiger partial charge in [-0.25, -0.2) is 8.78 Å². The largest absolute Gasteiger partial charge is 0.496 e. The molecule has 1 fully saturated rings. The van der Waals surface area contributed by atoms with E-state index in [1.54, 1.807) is 0 Å². The van der Waals surface area contributed by atoms with Crippen LogP contribution in [0.5, 0.6) is 5.75 Å². The highest BCUT2D eigenvalue weighted by molar-refractivity contribution is 5.82. The quantitative estimate of drug-likeness (QED) is 0.616. The van der Waals surface area contributed by atoms with Crippen LogP contribution in [0.1, 0.15) is 25.3 Å². The lowest BCUT2D eigenvalue weighted by Gasteiger charge is -2.30. The molecule has 3 nitrogen and oxygen atoms in total. The van der Waals surface area contributed by atoms with Gasteiger partial charge in [0.2, 0.25) is 5.60 Å². The summed E-state index contributed by atoms with van der Waals surface area (Å²) >= 11 is 0. The van der Waals surface area contributed by atoms with Gasteiger partial charge in [0.1, 0.15) is 5.75 Å². The van der Waals surface area contributed by atoms with Crippen LogP contribution in [0.3, 0.4) is 0 Å². The first-order valence-corrected chi connectivity index (χ1v) is 6.35. The predicted octanol–water partition coefficient (Wildman–Crippen LogP) is 3.57. The van der Waals surface area contributed by atoms with Gasteiger partial charge in [0, 0.05) is 17.5 Å². The monoisotopic (exact) mass is 324 g/mol. The third-order valence-electron chi connectivity index (χ3n) is 4.11. The van der Waals surface area contributed by atoms with Crippen LogP contribution >= 0.6 is 0 Å². The van der Waals surface area contributed by atoms with E-state index in [9.17, 15) is 26.7 Å². The van der Waals surface area contributed by atoms with Crippen molar-refractivity contribution in [3.63, 3.8) is 0 Å². The molecule has 0 bridgehead atoms. The number of halogens is 5. The Labute approximate surface area is 123 Å². The molecule has 0 radical (unpaired) electrons. The second-order valence-corrected chi connectivity index (χ2v) is 5.30. The lowest BCUT2D eigenvalue weighted by Crippen LogP contribution is -2.46. The Balaban J connectivity index is 2.55. The molecule has 22 heavy (non-hydrogen) atoms. The van der Waals surface area contributed by atoms with Gasteiger partial charge >= 0.3 is 12.1 Å². The van der Waals surface area contributed by atoms with Gasteiger partial charge < -0.3 is 9.47 Å². The normalized spacial score (nSPS) is 28.6. The molecule has 3 atom stereocenters. The van der Waals surface area contributed by atoms with Crippen LogP contribution in [0.4, 0.5) is 22.0 Å². The van der Waals surface area contributed by atoms with Gasteiger partial charge in [-0.05, 0) is 13.0 Å². The summed E-state index contributed by atoms with van der Waals surface area (Å²) in [6.45, 7) is 1.92. The molecule has 2 rings (SSSR count). The summed E-state index contributed by atoms with van der Waals surface area (Å²) in [5.74, 6) is -6.61. The van der Waals surface area contributed by atoms with Gasteiger partial charge in [-0.1, -0.05) is 6.92 Å². The first-order valence-electron chi connectivity index (χ1n) is 6.35. The highest BCUT2D eigenvalue weighted by Gasteiger charge is 2.65. The SMILES string of the molecule is COc1cc(F)c(F)cc1[C@H]1C(=O)O[C@@](C)(C(F)(F)F)[C@H]1C. The van der Waals surface area contributed by atoms with Crippen LogP contribution in [-0.2, 0) is 9.53 Å². The molecule has 1 aliphatic heterocycles. The number of carbonyl (C=O) groups is 1. The fraction of sp³-hybridized carbons (Fsp3) is 0.500. The summed E-state index contributed by atoms with van der Waals surface area (Å²) in [5, 5.41) is 0. The van der Waals surface area contributed by atoms with E-state index in [-0.39, 0.29) is 11.3 Å². The van der Waals surface area contributed by atoms with Crippen molar-refractivity contribution in [2.75, 3.05) is 7.11 Å². The number of cyclic esters (lactones) is 1. The van der Waals surface area contributed by atoms with E-state index < -0.39 is 41.2 Å². The van der Waals surface area contributed by atoms with Crippen molar-refractivity contribution in [3.05, 3.63) is 29.3 Å². The molecule has 1 aromatic carbocycles. The summed E-state index contributed by atoms with van der Waals surface area (Å²) in [6, 6.07) is 1.35. The number of esters is 1. The van der Waals surface area contributed by atoms with E-state index in [0.29, 0.717) is 12.1 Å². The standard InChI is InChI=1S/C14H13F5O3/c1-6-11(12(20)22-13(6,2)14(17,18)19)7-4-8(15)9(16)5-10(7)21-3/h4-6,11H,1-3H3/t6-,11-,13+/m0/s1. The molecule has 0 aliphatic carbocycles. The molecular weight excluding hydrogens is 311 g/mol. The van der Waals surface area contributed by atoms with Crippen molar-refractivity contribution in [1.82, 2.24) is 0 Å². The molecule has 0 aromatic heterocycles. The Morgan fingerprint density at radius 1 is 1.23 bits per heavy atom. The highest BCUT2D eigenvalue weighted by Crippen LogP contribution is 2.52. The number of hydrogen-bond donors (Lipinski definition) is 0. The molecule has 0 amide bonds. The molecule has 1 aromatic rings. The fourth-order valence-corrected chi connectivity index (χ4v) is 2.56. The molecule has 1 heterocycles. The summed E-state index contributed by atoms with van der Waals surface area (Å²) in [7, 11) is 1.14. The fourth-order valence-electron chi connectivity index (χ4n) is 2.56. The average molecular weight is 324 g/mol. The van der Waals surface area contributed by atoms with Crippen molar-refractivity contribution in [3.8, 4) is 5.75 Å². The van der Waals surface area contributed by atoms with Crippen molar-refractivity contribution >= 4 is 5.97 Å². The zero-order valence-corrected chi connectivity index (χ0v) is 11.9. The Kier molecular flexibility index (Phi) is 3.83. The van der Waals surface area contributed by atoms with Crippen molar-refractivity contribution < 1.29 is 36.2 Å². The van der Waals surface area contributed by atoms with E-state index >= 15 is 0 Å². The third-order valence-corrected chi connectivity index (χ3v) is 4.11. The molecular formula is C14H13F5O3. The van der Waals surface area contributed by atoms with Gasteiger partial charge in [0.05, 0.1) is 13.0 Å². The lowest BCUT2D eigenvalue weighted by molar-refractivity contribution is -0.262. The second-order valence-electron chi connectivity index (χ2n) is 5.30. The van der Waals surface area contributed by atoms with Crippen LogP contribution in [-0.4, -0.2) is 24.9 Å². The number of alkyl halides is 3. The Morgan fingerprint density at radius 3 is 2.23 bits per heavy atom. The minimum atomic E-state index is -4.79. The molecule has 0 saturated carbocycles. The average Bonchev–Trinajstić information content (AvgIpc) is 2.63. The van der Waals surface area contributed by atoms with Crippen LogP contribution in [0, 0.1) is 17.6 Å². The first kappa shape index (κ1) is 16.5. The van der Waals surface area contributed by atoms with E-state index in [2.05, 4.69) is 4.74 Å². The van der Waals surface area contributed by atoms with Crippen LogP contribution in [0.15, 0.2) is 12.1 Å². The maximum atomic E-state index is 13.4. The number of rotatable bonds is 2. The first-order chi connectivity index (χ1) is 10.0. The number of methoxy groups -OCH3 is 1. The molecule has 8 heteroatoms. The minimum Gasteiger partial charge on any atom is -0.496 e. The van der Waals surface area contributed by atoms with Crippen molar-refractivity contribution in [1.29, 1.82) is 0 Å². The topological polar surface area (TPSA) is 35.5 Å². The lowest BCUT2D eigenvalue weighted by atomic mass is 9.79. The zero-order valence-electron chi connectivity index (χ0n) is 11.9. The summed E-state index contributed by atoms with van der Waals surface area (Å²) < 4.78 is 75.4. The van der Waals surface area contributed by atoms with Crippen LogP contribution in [0.2, 0.25) is 0 Å². The molecule has 122 valence electrons. The van der Waals surface area contributed by atoms with Gasteiger partial charge in [-0.15, -0.1) is 0 Å². The highest BCUT2D eigenvalue weighted by atomic mass is 19.4. The van der Waals surface area contributed by atoms with Gasteiger partial charge in [0.25, 0.3) is 0 Å². The Morgan fingerprint density at radius 2 is 1.77 bits per heavy atom. The van der Waals surface area contributed by atoms with Gasteiger partial charge in [0.15, 0.2) is 11.6 Å². The molecule has 0 spiro atoms. The number of benzene rings is 1. The summed E-state index contributed by atoms with van der Waals surface area (Å²) in [4.78, 5) is 11.9. The summed E-state index contributed by atoms with van der Waals surface area (Å²) in [6.07, 6.45) is -4.79. The van der Waals surface area contributed by atoms with E-state index in [1.165, 1.54) is 6.92 Å². The van der Waals surface area contributed by atoms with Crippen LogP contribution in [0.25, 0.3) is 0 Å². The van der Waals surface area contributed by atoms with Crippen molar-refractivity contribution in [2.24, 2.45) is 5.92 Å². The third kappa shape index (κ3) is 2.30. The molecule has 1 aliphatic rings. The second kappa shape index (κ2) is 5.10. The zero-order chi connectivity index (χ0) is 16.9. The molecule has 0 unspecified atom stereocenters. The van der Waals surface area contributed by atoms with E-state index in [4.69, 9.17) is 4.74 Å². The van der Waals surface area contributed by atoms with E-state index in [0.717, 1.165) is 14.0 Å². The number of carbonyl (C=O) groups excluding carboxylic acids is 1.